The van der Waals surface area contributed by atoms with E-state index in [0.29, 0.717) is 4.90 Å². The lowest BCUT2D eigenvalue weighted by molar-refractivity contribution is 0.578. The molecule has 2 aromatic rings. The van der Waals surface area contributed by atoms with E-state index < -0.39 is 9.84 Å². The summed E-state index contributed by atoms with van der Waals surface area (Å²) in [7, 11) is -1.87. The van der Waals surface area contributed by atoms with Crippen molar-refractivity contribution in [2.75, 3.05) is 0 Å². The average molecular weight is 264 g/mol. The first kappa shape index (κ1) is 12.8. The highest BCUT2D eigenvalue weighted by Crippen LogP contribution is 2.26. The Bertz CT molecular complexity index is 677. The van der Waals surface area contributed by atoms with Crippen LogP contribution in [0.5, 0.6) is 0 Å². The smallest absolute Gasteiger partial charge is 0.240 e. The van der Waals surface area contributed by atoms with Gasteiger partial charge >= 0.3 is 0 Å². The molecular weight excluding hydrogens is 248 g/mol. The van der Waals surface area contributed by atoms with Crippen molar-refractivity contribution in [3.63, 3.8) is 0 Å². The Morgan fingerprint density at radius 1 is 1.11 bits per heavy atom. The lowest BCUT2D eigenvalue weighted by atomic mass is 10.1. The van der Waals surface area contributed by atoms with Crippen LogP contribution < -0.4 is 0 Å². The fourth-order valence-corrected chi connectivity index (χ4v) is 4.08. The van der Waals surface area contributed by atoms with E-state index in [9.17, 15) is 8.42 Å². The molecule has 0 aliphatic heterocycles. The van der Waals surface area contributed by atoms with Gasteiger partial charge in [-0.1, -0.05) is 17.7 Å². The highest BCUT2D eigenvalue weighted by Gasteiger charge is 2.26. The molecule has 0 aliphatic rings. The number of nitrogens with zero attached hydrogens (tertiary/aromatic N) is 2. The summed E-state index contributed by atoms with van der Waals surface area (Å²) < 4.78 is 26.7. The standard InChI is InChI=1S/C13H16N2O2S/c1-9-7-10(2)12(11(3)8-9)18(16,17)13-14-5-6-15(13)4/h5-8H,1-4H3. The Morgan fingerprint density at radius 3 is 2.11 bits per heavy atom. The second-order valence-corrected chi connectivity index (χ2v) is 6.33. The third-order valence-electron chi connectivity index (χ3n) is 2.89. The Kier molecular flexibility index (Phi) is 3.02. The van der Waals surface area contributed by atoms with Crippen LogP contribution in [0.2, 0.25) is 0 Å². The number of imidazole rings is 1. The molecule has 18 heavy (non-hydrogen) atoms. The van der Waals surface area contributed by atoms with E-state index >= 15 is 0 Å². The molecule has 0 radical (unpaired) electrons. The monoisotopic (exact) mass is 264 g/mol. The number of sulfone groups is 1. The topological polar surface area (TPSA) is 52.0 Å². The van der Waals surface area contributed by atoms with E-state index in [1.807, 2.05) is 32.9 Å². The summed E-state index contributed by atoms with van der Waals surface area (Å²) >= 11 is 0. The highest BCUT2D eigenvalue weighted by molar-refractivity contribution is 7.91. The van der Waals surface area contributed by atoms with Crippen LogP contribution in [0.4, 0.5) is 0 Å². The zero-order valence-corrected chi connectivity index (χ0v) is 11.7. The van der Waals surface area contributed by atoms with Crippen molar-refractivity contribution in [3.8, 4) is 0 Å². The van der Waals surface area contributed by atoms with Gasteiger partial charge in [0.1, 0.15) is 0 Å². The fourth-order valence-electron chi connectivity index (χ4n) is 2.29. The molecule has 4 nitrogen and oxygen atoms in total. The molecule has 0 unspecified atom stereocenters. The van der Waals surface area contributed by atoms with Crippen molar-refractivity contribution in [2.45, 2.75) is 30.8 Å². The molecule has 0 aliphatic carbocycles. The largest absolute Gasteiger partial charge is 0.325 e. The van der Waals surface area contributed by atoms with Crippen molar-refractivity contribution in [2.24, 2.45) is 7.05 Å². The van der Waals surface area contributed by atoms with E-state index in [2.05, 4.69) is 4.98 Å². The van der Waals surface area contributed by atoms with Crippen molar-refractivity contribution >= 4 is 9.84 Å². The Morgan fingerprint density at radius 2 is 1.67 bits per heavy atom. The second kappa shape index (κ2) is 4.24. The first-order valence-corrected chi connectivity index (χ1v) is 7.12. The molecule has 0 amide bonds. The van der Waals surface area contributed by atoms with Gasteiger partial charge in [0, 0.05) is 19.4 Å². The molecule has 1 heterocycles. The van der Waals surface area contributed by atoms with Crippen LogP contribution in [0.3, 0.4) is 0 Å². The molecule has 0 saturated carbocycles. The fraction of sp³-hybridized carbons (Fsp3) is 0.308. The molecule has 0 atom stereocenters. The van der Waals surface area contributed by atoms with E-state index in [1.165, 1.54) is 10.8 Å². The van der Waals surface area contributed by atoms with Crippen LogP contribution in [0.25, 0.3) is 0 Å². The molecule has 5 heteroatoms. The molecular formula is C13H16N2O2S. The lowest BCUT2D eigenvalue weighted by Gasteiger charge is -2.11. The van der Waals surface area contributed by atoms with E-state index in [-0.39, 0.29) is 5.16 Å². The van der Waals surface area contributed by atoms with E-state index in [1.54, 1.807) is 13.2 Å². The minimum atomic E-state index is -3.55. The average Bonchev–Trinajstić information content (AvgIpc) is 2.62. The van der Waals surface area contributed by atoms with Gasteiger partial charge in [0.05, 0.1) is 4.90 Å². The first-order valence-electron chi connectivity index (χ1n) is 5.64. The predicted molar refractivity (Wildman–Crippen MR) is 69.3 cm³/mol. The highest BCUT2D eigenvalue weighted by atomic mass is 32.2. The number of hydrogen-bond acceptors (Lipinski definition) is 3. The summed E-state index contributed by atoms with van der Waals surface area (Å²) in [4.78, 5) is 4.31. The molecule has 1 aromatic heterocycles. The summed E-state index contributed by atoms with van der Waals surface area (Å²) in [5, 5.41) is 0.0811. The lowest BCUT2D eigenvalue weighted by Crippen LogP contribution is -2.11. The zero-order chi connectivity index (χ0) is 13.5. The minimum absolute atomic E-state index is 0.0811. The predicted octanol–water partition coefficient (Wildman–Crippen LogP) is 2.18. The summed E-state index contributed by atoms with van der Waals surface area (Å²) in [6.45, 7) is 5.59. The molecule has 0 N–H and O–H groups in total. The second-order valence-electron chi connectivity index (χ2n) is 4.55. The van der Waals surface area contributed by atoms with Crippen molar-refractivity contribution in [1.29, 1.82) is 0 Å². The van der Waals surface area contributed by atoms with Crippen LogP contribution in [-0.4, -0.2) is 18.0 Å². The van der Waals surface area contributed by atoms with Gasteiger partial charge in [-0.05, 0) is 31.9 Å². The van der Waals surface area contributed by atoms with Crippen LogP contribution >= 0.6 is 0 Å². The minimum Gasteiger partial charge on any atom is -0.325 e. The maximum absolute atomic E-state index is 12.6. The number of rotatable bonds is 2. The van der Waals surface area contributed by atoms with Gasteiger partial charge in [0.25, 0.3) is 0 Å². The van der Waals surface area contributed by atoms with Crippen LogP contribution in [0.15, 0.2) is 34.6 Å². The van der Waals surface area contributed by atoms with Crippen LogP contribution in [0.1, 0.15) is 16.7 Å². The van der Waals surface area contributed by atoms with Crippen LogP contribution in [0, 0.1) is 20.8 Å². The number of aromatic nitrogens is 2. The van der Waals surface area contributed by atoms with Gasteiger partial charge in [0.15, 0.2) is 0 Å². The SMILES string of the molecule is Cc1cc(C)c(S(=O)(=O)c2nccn2C)c(C)c1. The summed E-state index contributed by atoms with van der Waals surface area (Å²) in [5.74, 6) is 0. The van der Waals surface area contributed by atoms with Crippen molar-refractivity contribution in [3.05, 3.63) is 41.2 Å². The number of benzene rings is 1. The number of hydrogen-bond donors (Lipinski definition) is 0. The molecule has 2 rings (SSSR count). The number of aryl methyl sites for hydroxylation is 4. The third kappa shape index (κ3) is 1.95. The van der Waals surface area contributed by atoms with Gasteiger partial charge in [-0.2, -0.15) is 0 Å². The molecule has 0 bridgehead atoms. The molecule has 0 fully saturated rings. The molecule has 0 saturated heterocycles. The first-order chi connectivity index (χ1) is 8.34. The quantitative estimate of drug-likeness (QED) is 0.835. The third-order valence-corrected chi connectivity index (χ3v) is 4.95. The Balaban J connectivity index is 2.74. The van der Waals surface area contributed by atoms with Gasteiger partial charge in [-0.25, -0.2) is 13.4 Å². The zero-order valence-electron chi connectivity index (χ0n) is 10.9. The molecule has 0 spiro atoms. The van der Waals surface area contributed by atoms with Gasteiger partial charge in [-0.15, -0.1) is 0 Å². The van der Waals surface area contributed by atoms with Gasteiger partial charge in [-0.3, -0.25) is 0 Å². The van der Waals surface area contributed by atoms with Crippen LogP contribution in [-0.2, 0) is 16.9 Å². The maximum atomic E-state index is 12.6. The normalized spacial score (nSPS) is 11.8. The maximum Gasteiger partial charge on any atom is 0.240 e. The summed E-state index contributed by atoms with van der Waals surface area (Å²) in [5.41, 5.74) is 2.58. The Labute approximate surface area is 107 Å². The molecule has 1 aromatic carbocycles. The molecule has 96 valence electrons. The van der Waals surface area contributed by atoms with Crippen molar-refractivity contribution < 1.29 is 8.42 Å². The Hall–Kier alpha value is -1.62. The van der Waals surface area contributed by atoms with Gasteiger partial charge in [0.2, 0.25) is 15.0 Å². The van der Waals surface area contributed by atoms with E-state index in [0.717, 1.165) is 16.7 Å². The van der Waals surface area contributed by atoms with E-state index in [4.69, 9.17) is 0 Å². The summed E-state index contributed by atoms with van der Waals surface area (Å²) in [6.07, 6.45) is 3.12. The summed E-state index contributed by atoms with van der Waals surface area (Å²) in [6, 6.07) is 3.76. The van der Waals surface area contributed by atoms with Crippen molar-refractivity contribution in [1.82, 2.24) is 9.55 Å². The van der Waals surface area contributed by atoms with Gasteiger partial charge < -0.3 is 4.57 Å².